The van der Waals surface area contributed by atoms with Gasteiger partial charge in [-0.05, 0) is 68.7 Å². The first-order valence-electron chi connectivity index (χ1n) is 8.99. The number of hydrogen-bond donors (Lipinski definition) is 1. The molecule has 1 aromatic heterocycles. The molecule has 1 heterocycles. The zero-order chi connectivity index (χ0) is 16.7. The fourth-order valence-corrected chi connectivity index (χ4v) is 4.44. The van der Waals surface area contributed by atoms with E-state index in [0.29, 0.717) is 12.0 Å². The highest BCUT2D eigenvalue weighted by molar-refractivity contribution is 5.94. The van der Waals surface area contributed by atoms with E-state index in [1.807, 2.05) is 35.9 Å². The predicted molar refractivity (Wildman–Crippen MR) is 93.9 cm³/mol. The monoisotopic (exact) mass is 323 g/mol. The van der Waals surface area contributed by atoms with Crippen molar-refractivity contribution in [3.8, 4) is 0 Å². The largest absolute Gasteiger partial charge is 0.349 e. The lowest BCUT2D eigenvalue weighted by Gasteiger charge is -2.22. The lowest BCUT2D eigenvalue weighted by Crippen LogP contribution is -2.38. The quantitative estimate of drug-likeness (QED) is 0.936. The second-order valence-corrected chi connectivity index (χ2v) is 7.54. The molecule has 2 bridgehead atoms. The van der Waals surface area contributed by atoms with Gasteiger partial charge in [0.1, 0.15) is 0 Å². The number of carbonyl (C=O) groups excluding carboxylic acids is 1. The minimum Gasteiger partial charge on any atom is -0.349 e. The van der Waals surface area contributed by atoms with Crippen molar-refractivity contribution in [1.29, 1.82) is 0 Å². The molecule has 1 aromatic carbocycles. The Morgan fingerprint density at radius 3 is 2.58 bits per heavy atom. The van der Waals surface area contributed by atoms with Gasteiger partial charge in [0.15, 0.2) is 0 Å². The number of benzene rings is 1. The van der Waals surface area contributed by atoms with E-state index in [4.69, 9.17) is 0 Å². The maximum Gasteiger partial charge on any atom is 0.251 e. The molecule has 4 rings (SSSR count). The standard InChI is InChI=1S/C20H25N3O/c1-13-9-14(2)23(22-13)12-15-3-6-17(7-4-15)20(24)21-19-11-16-5-8-18(19)10-16/h3-4,6-7,9,16,18-19H,5,8,10-12H2,1-2H3,(H,21,24)/t16-,18-,19+/m0/s1. The first-order chi connectivity index (χ1) is 11.6. The highest BCUT2D eigenvalue weighted by Gasteiger charge is 2.40. The molecule has 24 heavy (non-hydrogen) atoms. The van der Waals surface area contributed by atoms with Crippen molar-refractivity contribution < 1.29 is 4.79 Å². The van der Waals surface area contributed by atoms with E-state index in [0.717, 1.165) is 35.0 Å². The van der Waals surface area contributed by atoms with Crippen LogP contribution in [0.5, 0.6) is 0 Å². The van der Waals surface area contributed by atoms with Gasteiger partial charge in [-0.3, -0.25) is 9.48 Å². The number of hydrogen-bond acceptors (Lipinski definition) is 2. The molecule has 0 aliphatic heterocycles. The molecular formula is C20H25N3O. The third-order valence-electron chi connectivity index (χ3n) is 5.71. The zero-order valence-electron chi connectivity index (χ0n) is 14.5. The molecule has 1 N–H and O–H groups in total. The molecule has 2 aliphatic carbocycles. The number of aryl methyl sites for hydroxylation is 2. The molecular weight excluding hydrogens is 298 g/mol. The third kappa shape index (κ3) is 2.97. The lowest BCUT2D eigenvalue weighted by atomic mass is 9.95. The van der Waals surface area contributed by atoms with Gasteiger partial charge in [-0.2, -0.15) is 5.10 Å². The Morgan fingerprint density at radius 2 is 2.00 bits per heavy atom. The number of nitrogens with zero attached hydrogens (tertiary/aromatic N) is 2. The summed E-state index contributed by atoms with van der Waals surface area (Å²) in [6.07, 6.45) is 5.13. The second-order valence-electron chi connectivity index (χ2n) is 7.54. The summed E-state index contributed by atoms with van der Waals surface area (Å²) in [5, 5.41) is 7.74. The Hall–Kier alpha value is -2.10. The number of nitrogens with one attached hydrogen (secondary N) is 1. The Kier molecular flexibility index (Phi) is 3.91. The molecule has 0 spiro atoms. The van der Waals surface area contributed by atoms with Crippen LogP contribution in [-0.2, 0) is 6.54 Å². The van der Waals surface area contributed by atoms with Crippen LogP contribution < -0.4 is 5.32 Å². The zero-order valence-corrected chi connectivity index (χ0v) is 14.5. The first kappa shape index (κ1) is 15.4. The van der Waals surface area contributed by atoms with E-state index in [9.17, 15) is 4.79 Å². The molecule has 1 amide bonds. The Morgan fingerprint density at radius 1 is 1.21 bits per heavy atom. The Labute approximate surface area is 143 Å². The molecule has 4 nitrogen and oxygen atoms in total. The van der Waals surface area contributed by atoms with E-state index in [1.54, 1.807) is 0 Å². The van der Waals surface area contributed by atoms with Gasteiger partial charge in [-0.25, -0.2) is 0 Å². The van der Waals surface area contributed by atoms with Gasteiger partial charge in [0, 0.05) is 17.3 Å². The fourth-order valence-electron chi connectivity index (χ4n) is 4.44. The lowest BCUT2D eigenvalue weighted by molar-refractivity contribution is 0.0923. The van der Waals surface area contributed by atoms with Gasteiger partial charge >= 0.3 is 0 Å². The van der Waals surface area contributed by atoms with Crippen molar-refractivity contribution in [2.24, 2.45) is 11.8 Å². The van der Waals surface area contributed by atoms with E-state index in [1.165, 1.54) is 25.7 Å². The number of aromatic nitrogens is 2. The molecule has 3 atom stereocenters. The molecule has 2 fully saturated rings. The second kappa shape index (κ2) is 6.08. The summed E-state index contributed by atoms with van der Waals surface area (Å²) in [6, 6.07) is 10.4. The van der Waals surface area contributed by atoms with E-state index < -0.39 is 0 Å². The van der Waals surface area contributed by atoms with Gasteiger partial charge in [-0.1, -0.05) is 18.6 Å². The van der Waals surface area contributed by atoms with Crippen LogP contribution in [0.25, 0.3) is 0 Å². The van der Waals surface area contributed by atoms with Crippen LogP contribution in [0.2, 0.25) is 0 Å². The third-order valence-corrected chi connectivity index (χ3v) is 5.71. The van der Waals surface area contributed by atoms with Crippen LogP contribution in [0.4, 0.5) is 0 Å². The minimum atomic E-state index is 0.0743. The van der Waals surface area contributed by atoms with Crippen LogP contribution >= 0.6 is 0 Å². The number of fused-ring (bicyclic) bond motifs is 2. The first-order valence-corrected chi connectivity index (χ1v) is 8.99. The SMILES string of the molecule is Cc1cc(C)n(Cc2ccc(C(=O)N[C@@H]3C[C@H]4CC[C@H]3C4)cc2)n1. The molecule has 4 heteroatoms. The molecule has 0 unspecified atom stereocenters. The van der Waals surface area contributed by atoms with Gasteiger partial charge in [0.05, 0.1) is 12.2 Å². The topological polar surface area (TPSA) is 46.9 Å². The summed E-state index contributed by atoms with van der Waals surface area (Å²) in [5.41, 5.74) is 4.12. The Balaban J connectivity index is 1.40. The van der Waals surface area contributed by atoms with E-state index >= 15 is 0 Å². The fraction of sp³-hybridized carbons (Fsp3) is 0.500. The average molecular weight is 323 g/mol. The van der Waals surface area contributed by atoms with Gasteiger partial charge in [0.25, 0.3) is 5.91 Å². The average Bonchev–Trinajstić information content (AvgIpc) is 3.24. The molecule has 0 radical (unpaired) electrons. The number of amides is 1. The van der Waals surface area contributed by atoms with Crippen LogP contribution in [-0.4, -0.2) is 21.7 Å². The van der Waals surface area contributed by atoms with Crippen molar-refractivity contribution in [2.75, 3.05) is 0 Å². The normalized spacial score (nSPS) is 25.2. The summed E-state index contributed by atoms with van der Waals surface area (Å²) >= 11 is 0. The van der Waals surface area contributed by atoms with Gasteiger partial charge in [0.2, 0.25) is 0 Å². The van der Waals surface area contributed by atoms with Crippen LogP contribution in [0.15, 0.2) is 30.3 Å². The van der Waals surface area contributed by atoms with Crippen LogP contribution in [0, 0.1) is 25.7 Å². The highest BCUT2D eigenvalue weighted by Crippen LogP contribution is 2.44. The van der Waals surface area contributed by atoms with Crippen LogP contribution in [0.1, 0.15) is 53.0 Å². The van der Waals surface area contributed by atoms with Gasteiger partial charge < -0.3 is 5.32 Å². The smallest absolute Gasteiger partial charge is 0.251 e. The summed E-state index contributed by atoms with van der Waals surface area (Å²) in [7, 11) is 0. The summed E-state index contributed by atoms with van der Waals surface area (Å²) in [5.74, 6) is 1.64. The molecule has 126 valence electrons. The Bertz CT molecular complexity index is 747. The highest BCUT2D eigenvalue weighted by atomic mass is 16.1. The molecule has 2 saturated carbocycles. The molecule has 2 aliphatic rings. The van der Waals surface area contributed by atoms with Crippen molar-refractivity contribution in [1.82, 2.24) is 15.1 Å². The van der Waals surface area contributed by atoms with E-state index in [-0.39, 0.29) is 5.91 Å². The van der Waals surface area contributed by atoms with Gasteiger partial charge in [-0.15, -0.1) is 0 Å². The number of carbonyl (C=O) groups is 1. The molecule has 0 saturated heterocycles. The summed E-state index contributed by atoms with van der Waals surface area (Å²) in [6.45, 7) is 4.82. The summed E-state index contributed by atoms with van der Waals surface area (Å²) < 4.78 is 2.00. The predicted octanol–water partition coefficient (Wildman–Crippen LogP) is 3.47. The summed E-state index contributed by atoms with van der Waals surface area (Å²) in [4.78, 5) is 12.5. The van der Waals surface area contributed by atoms with E-state index in [2.05, 4.69) is 23.4 Å². The van der Waals surface area contributed by atoms with Crippen molar-refractivity contribution in [3.63, 3.8) is 0 Å². The van der Waals surface area contributed by atoms with Crippen molar-refractivity contribution in [3.05, 3.63) is 52.8 Å². The number of rotatable bonds is 4. The maximum atomic E-state index is 12.5. The maximum absolute atomic E-state index is 12.5. The minimum absolute atomic E-state index is 0.0743. The van der Waals surface area contributed by atoms with Crippen LogP contribution in [0.3, 0.4) is 0 Å². The van der Waals surface area contributed by atoms with Crippen molar-refractivity contribution >= 4 is 5.91 Å². The molecule has 2 aromatic rings. The van der Waals surface area contributed by atoms with Crippen molar-refractivity contribution in [2.45, 2.75) is 52.1 Å².